The molecule has 0 saturated heterocycles. The van der Waals surface area contributed by atoms with Crippen molar-refractivity contribution in [2.24, 2.45) is 11.8 Å². The number of nitrogens with one attached hydrogen (secondary N) is 4. The molecule has 0 atom stereocenters. The third-order valence-corrected chi connectivity index (χ3v) is 10.3. The van der Waals surface area contributed by atoms with E-state index in [4.69, 9.17) is 28.5 Å². The lowest BCUT2D eigenvalue weighted by Crippen LogP contribution is -2.38. The largest absolute Gasteiger partial charge is 0.481 e. The van der Waals surface area contributed by atoms with Gasteiger partial charge in [0.1, 0.15) is 12.2 Å². The minimum Gasteiger partial charge on any atom is -0.481 e. The van der Waals surface area contributed by atoms with E-state index < -0.39 is 23.8 Å². The van der Waals surface area contributed by atoms with Crippen molar-refractivity contribution in [1.29, 1.82) is 0 Å². The van der Waals surface area contributed by atoms with E-state index in [2.05, 4.69) is 79.3 Å². The summed E-state index contributed by atoms with van der Waals surface area (Å²) in [5, 5.41) is 44.2. The summed E-state index contributed by atoms with van der Waals surface area (Å²) in [6.07, 6.45) is 4.41. The maximum absolute atomic E-state index is 12.4. The number of ether oxygens (including phenoxy) is 2. The summed E-state index contributed by atoms with van der Waals surface area (Å²) in [5.41, 5.74) is 4.82. The number of nitrogens with zero attached hydrogens (tertiary/aromatic N) is 6. The second kappa shape index (κ2) is 19.9. The summed E-state index contributed by atoms with van der Waals surface area (Å²) in [6.45, 7) is 8.47. The first-order chi connectivity index (χ1) is 30.7. The molecule has 0 unspecified atom stereocenters. The zero-order valence-corrected chi connectivity index (χ0v) is 35.2. The first-order valence-corrected chi connectivity index (χ1v) is 20.5. The van der Waals surface area contributed by atoms with E-state index in [0.717, 1.165) is 11.4 Å². The molecule has 2 aromatic carbocycles. The quantitative estimate of drug-likeness (QED) is 0.0544. The van der Waals surface area contributed by atoms with Crippen LogP contribution in [-0.2, 0) is 9.59 Å². The van der Waals surface area contributed by atoms with Crippen LogP contribution in [0.1, 0.15) is 97.7 Å². The Morgan fingerprint density at radius 2 is 0.906 bits per heavy atom. The fourth-order valence-corrected chi connectivity index (χ4v) is 6.37. The van der Waals surface area contributed by atoms with Crippen LogP contribution in [0.25, 0.3) is 0 Å². The van der Waals surface area contributed by atoms with Gasteiger partial charge < -0.3 is 49.8 Å². The molecule has 6 N–H and O–H groups in total. The fraction of sp³-hybridized carbons (Fsp3) is 0.318. The molecule has 2 amide bonds. The molecule has 4 heterocycles. The van der Waals surface area contributed by atoms with E-state index in [9.17, 15) is 19.2 Å². The number of hydrogen-bond acceptors (Lipinski definition) is 16. The lowest BCUT2D eigenvalue weighted by molar-refractivity contribution is -0.148. The number of rotatable bonds is 16. The molecule has 2 fully saturated rings. The smallest absolute Gasteiger partial charge is 0.320 e. The summed E-state index contributed by atoms with van der Waals surface area (Å²) >= 11 is 0. The van der Waals surface area contributed by atoms with E-state index in [1.165, 1.54) is 23.5 Å². The zero-order chi connectivity index (χ0) is 45.3. The Balaban J connectivity index is 0.000000191. The highest BCUT2D eigenvalue weighted by Crippen LogP contribution is 2.32. The number of carboxylic acid groups (broad SMARTS) is 2. The number of aliphatic carboxylic acids is 2. The molecule has 2 saturated carbocycles. The molecule has 4 aromatic heterocycles. The minimum atomic E-state index is -0.806. The molecule has 20 nitrogen and oxygen atoms in total. The number of anilines is 6. The van der Waals surface area contributed by atoms with Gasteiger partial charge in [0.05, 0.1) is 35.6 Å². The Labute approximate surface area is 366 Å². The van der Waals surface area contributed by atoms with Gasteiger partial charge in [-0.15, -0.1) is 10.2 Å². The lowest BCUT2D eigenvalue weighted by Gasteiger charge is -2.31. The first-order valence-electron chi connectivity index (χ1n) is 20.5. The third-order valence-electron chi connectivity index (χ3n) is 10.3. The molecule has 2 aliphatic carbocycles. The van der Waals surface area contributed by atoms with Gasteiger partial charge in [-0.2, -0.15) is 0 Å². The van der Waals surface area contributed by atoms with Gasteiger partial charge in [-0.1, -0.05) is 62.2 Å². The van der Waals surface area contributed by atoms with E-state index in [0.29, 0.717) is 60.7 Å². The fourth-order valence-electron chi connectivity index (χ4n) is 6.37. The summed E-state index contributed by atoms with van der Waals surface area (Å²) in [6, 6.07) is 22.3. The minimum absolute atomic E-state index is 0.106. The molecule has 0 bridgehead atoms. The number of carbonyl (C=O) groups excluding carboxylic acids is 2. The van der Waals surface area contributed by atoms with E-state index in [-0.39, 0.29) is 47.9 Å². The standard InChI is InChI=1S/2C22H23N5O5/c2*1-12(2)13-3-5-15(6-4-13)25-22-27-26-20(32-22)19(28)24-16-7-8-18(23-11-16)31-17-9-14(10-17)21(29)30/h2*3-8,11-12,14,17H,9-10H2,1-2H3,(H,24,28)(H,25,27)(H,29,30). The topological polar surface area (TPSA) is 279 Å². The Morgan fingerprint density at radius 3 is 1.22 bits per heavy atom. The van der Waals surface area contributed by atoms with Crippen molar-refractivity contribution in [1.82, 2.24) is 30.4 Å². The highest BCUT2D eigenvalue weighted by molar-refractivity contribution is 6.01. The summed E-state index contributed by atoms with van der Waals surface area (Å²) < 4.78 is 22.0. The van der Waals surface area contributed by atoms with Crippen LogP contribution in [0.5, 0.6) is 11.8 Å². The van der Waals surface area contributed by atoms with Crippen molar-refractivity contribution < 1.29 is 47.7 Å². The van der Waals surface area contributed by atoms with Crippen LogP contribution >= 0.6 is 0 Å². The molecule has 20 heteroatoms. The number of aromatic nitrogens is 6. The normalized spacial score (nSPS) is 17.5. The Morgan fingerprint density at radius 1 is 0.547 bits per heavy atom. The maximum atomic E-state index is 12.4. The molecule has 332 valence electrons. The van der Waals surface area contributed by atoms with Gasteiger partial charge in [-0.3, -0.25) is 19.2 Å². The predicted molar refractivity (Wildman–Crippen MR) is 230 cm³/mol. The van der Waals surface area contributed by atoms with Crippen molar-refractivity contribution in [3.8, 4) is 11.8 Å². The van der Waals surface area contributed by atoms with Crippen LogP contribution in [0.3, 0.4) is 0 Å². The Hall–Kier alpha value is -7.90. The summed E-state index contributed by atoms with van der Waals surface area (Å²) in [7, 11) is 0. The van der Waals surface area contributed by atoms with Gasteiger partial charge in [-0.05, 0) is 85.0 Å². The van der Waals surface area contributed by atoms with Gasteiger partial charge in [0.2, 0.25) is 11.8 Å². The third kappa shape index (κ3) is 11.7. The van der Waals surface area contributed by atoms with Crippen LogP contribution in [0.2, 0.25) is 0 Å². The highest BCUT2D eigenvalue weighted by atomic mass is 16.5. The monoisotopic (exact) mass is 874 g/mol. The maximum Gasteiger partial charge on any atom is 0.320 e. The van der Waals surface area contributed by atoms with Crippen LogP contribution in [0.4, 0.5) is 34.8 Å². The number of benzene rings is 2. The number of hydrogen-bond donors (Lipinski definition) is 6. The van der Waals surface area contributed by atoms with Gasteiger partial charge >= 0.3 is 47.6 Å². The molecular weight excluding hydrogens is 829 g/mol. The van der Waals surface area contributed by atoms with E-state index >= 15 is 0 Å². The molecule has 6 aromatic rings. The number of carbonyl (C=O) groups is 4. The van der Waals surface area contributed by atoms with Gasteiger partial charge in [-0.25, -0.2) is 9.97 Å². The average Bonchev–Trinajstić information content (AvgIpc) is 3.92. The van der Waals surface area contributed by atoms with Crippen molar-refractivity contribution in [2.75, 3.05) is 21.3 Å². The van der Waals surface area contributed by atoms with Crippen molar-refractivity contribution in [3.63, 3.8) is 0 Å². The zero-order valence-electron chi connectivity index (χ0n) is 35.2. The second-order valence-electron chi connectivity index (χ2n) is 15.8. The first kappa shape index (κ1) is 44.2. The highest BCUT2D eigenvalue weighted by Gasteiger charge is 2.37. The molecule has 2 aliphatic rings. The van der Waals surface area contributed by atoms with Gasteiger partial charge in [0.25, 0.3) is 0 Å². The summed E-state index contributed by atoms with van der Waals surface area (Å²) in [5.74, 6) is -2.26. The molecule has 0 spiro atoms. The van der Waals surface area contributed by atoms with Crippen LogP contribution in [0.15, 0.2) is 94.0 Å². The van der Waals surface area contributed by atoms with Crippen LogP contribution < -0.4 is 30.7 Å². The second-order valence-corrected chi connectivity index (χ2v) is 15.8. The lowest BCUT2D eigenvalue weighted by atomic mass is 9.82. The van der Waals surface area contributed by atoms with Crippen molar-refractivity contribution in [2.45, 2.75) is 77.4 Å². The number of carboxylic acids is 2. The van der Waals surface area contributed by atoms with Crippen LogP contribution in [0, 0.1) is 11.8 Å². The van der Waals surface area contributed by atoms with Crippen molar-refractivity contribution in [3.05, 3.63) is 108 Å². The number of pyridine rings is 2. The SMILES string of the molecule is CC(C)c1ccc(Nc2nnc(C(=O)Nc3ccc(OC4CC(C(=O)O)C4)nc3)o2)cc1.CC(C)c1ccc(Nc2nnc(C(=O)Nc3ccc(OC4CC(C(=O)O)C4)nc3)o2)cc1. The van der Waals surface area contributed by atoms with E-state index in [1.807, 2.05) is 48.5 Å². The molecular formula is C44H46N10O10. The molecule has 8 rings (SSSR count). The predicted octanol–water partition coefficient (Wildman–Crippen LogP) is 7.65. The molecule has 0 aliphatic heterocycles. The van der Waals surface area contributed by atoms with Gasteiger partial charge in [0.15, 0.2) is 0 Å². The Bertz CT molecular complexity index is 2350. The van der Waals surface area contributed by atoms with Crippen molar-refractivity contribution >= 4 is 58.5 Å². The van der Waals surface area contributed by atoms with E-state index in [1.54, 1.807) is 24.3 Å². The Kier molecular flexibility index (Phi) is 13.7. The molecule has 0 radical (unpaired) electrons. The average molecular weight is 875 g/mol. The van der Waals surface area contributed by atoms with Gasteiger partial charge in [0, 0.05) is 23.5 Å². The molecule has 64 heavy (non-hydrogen) atoms. The number of amides is 2. The summed E-state index contributed by atoms with van der Waals surface area (Å²) in [4.78, 5) is 54.7. The van der Waals surface area contributed by atoms with Crippen LogP contribution in [-0.4, -0.2) is 76.5 Å².